The maximum absolute atomic E-state index is 6.04. The standard InChI is InChI=1S/C15H23N5O3/c16-15(20-5-7-21-8-6-20)17-9-11-3-4-12(22-11)14-18-13(19-23-14)10-1-2-10/h10-12H,1-9H2,(H2,16,17)/t11-,12+/m1/s1. The highest BCUT2D eigenvalue weighted by atomic mass is 16.5. The zero-order valence-corrected chi connectivity index (χ0v) is 13.2. The molecule has 2 N–H and O–H groups in total. The van der Waals surface area contributed by atoms with Crippen LogP contribution in [0.25, 0.3) is 0 Å². The van der Waals surface area contributed by atoms with Crippen LogP contribution in [0.3, 0.4) is 0 Å². The van der Waals surface area contributed by atoms with Crippen LogP contribution in [0.15, 0.2) is 9.52 Å². The first kappa shape index (κ1) is 14.9. The normalized spacial score (nSPS) is 29.2. The number of ether oxygens (including phenoxy) is 2. The summed E-state index contributed by atoms with van der Waals surface area (Å²) in [5.41, 5.74) is 6.04. The molecule has 3 aliphatic rings. The van der Waals surface area contributed by atoms with Gasteiger partial charge in [-0.1, -0.05) is 5.16 Å². The van der Waals surface area contributed by atoms with E-state index < -0.39 is 0 Å². The Balaban J connectivity index is 1.29. The van der Waals surface area contributed by atoms with E-state index >= 15 is 0 Å². The van der Waals surface area contributed by atoms with Crippen molar-refractivity contribution >= 4 is 5.96 Å². The summed E-state index contributed by atoms with van der Waals surface area (Å²) in [6.07, 6.45) is 4.14. The van der Waals surface area contributed by atoms with Crippen molar-refractivity contribution in [2.45, 2.75) is 43.8 Å². The van der Waals surface area contributed by atoms with Crippen LogP contribution in [0, 0.1) is 0 Å². The molecule has 1 aliphatic carbocycles. The molecule has 2 aliphatic heterocycles. The Morgan fingerprint density at radius 1 is 1.22 bits per heavy atom. The lowest BCUT2D eigenvalue weighted by Crippen LogP contribution is -2.45. The van der Waals surface area contributed by atoms with Crippen molar-refractivity contribution in [3.05, 3.63) is 11.7 Å². The lowest BCUT2D eigenvalue weighted by Gasteiger charge is -2.27. The van der Waals surface area contributed by atoms with Crippen LogP contribution < -0.4 is 5.73 Å². The van der Waals surface area contributed by atoms with Gasteiger partial charge >= 0.3 is 0 Å². The van der Waals surface area contributed by atoms with Gasteiger partial charge in [-0.05, 0) is 25.7 Å². The van der Waals surface area contributed by atoms with E-state index in [0.29, 0.717) is 37.5 Å². The Bertz CT molecular complexity index is 565. The fourth-order valence-electron chi connectivity index (χ4n) is 2.99. The number of guanidine groups is 1. The highest BCUT2D eigenvalue weighted by molar-refractivity contribution is 5.78. The molecular weight excluding hydrogens is 298 g/mol. The third-order valence-electron chi connectivity index (χ3n) is 4.57. The zero-order valence-electron chi connectivity index (χ0n) is 13.2. The number of aromatic nitrogens is 2. The summed E-state index contributed by atoms with van der Waals surface area (Å²) < 4.78 is 16.7. The minimum absolute atomic E-state index is 0.0656. The van der Waals surface area contributed by atoms with Crippen molar-refractivity contribution in [1.82, 2.24) is 15.0 Å². The molecule has 1 aromatic rings. The summed E-state index contributed by atoms with van der Waals surface area (Å²) >= 11 is 0. The third-order valence-corrected chi connectivity index (χ3v) is 4.57. The minimum Gasteiger partial charge on any atom is -0.378 e. The van der Waals surface area contributed by atoms with E-state index in [2.05, 4.69) is 20.0 Å². The maximum Gasteiger partial charge on any atom is 0.255 e. The number of nitrogens with zero attached hydrogens (tertiary/aromatic N) is 4. The number of nitrogens with two attached hydrogens (primary N) is 1. The fourth-order valence-corrected chi connectivity index (χ4v) is 2.99. The van der Waals surface area contributed by atoms with E-state index in [-0.39, 0.29) is 12.2 Å². The second-order valence-corrected chi connectivity index (χ2v) is 6.39. The van der Waals surface area contributed by atoms with Gasteiger partial charge in [0.1, 0.15) is 6.10 Å². The van der Waals surface area contributed by atoms with Crippen LogP contribution in [0.5, 0.6) is 0 Å². The molecule has 3 heterocycles. The molecule has 4 rings (SSSR count). The Kier molecular flexibility index (Phi) is 4.17. The van der Waals surface area contributed by atoms with Crippen molar-refractivity contribution in [3.63, 3.8) is 0 Å². The van der Waals surface area contributed by atoms with Gasteiger partial charge in [0.05, 0.1) is 25.9 Å². The lowest BCUT2D eigenvalue weighted by atomic mass is 10.2. The van der Waals surface area contributed by atoms with Gasteiger partial charge < -0.3 is 24.6 Å². The first-order valence-corrected chi connectivity index (χ1v) is 8.41. The summed E-state index contributed by atoms with van der Waals surface area (Å²) in [4.78, 5) is 11.0. The fraction of sp³-hybridized carbons (Fsp3) is 0.800. The molecule has 8 heteroatoms. The average molecular weight is 321 g/mol. The van der Waals surface area contributed by atoms with E-state index in [0.717, 1.165) is 31.8 Å². The predicted molar refractivity (Wildman–Crippen MR) is 82.0 cm³/mol. The summed E-state index contributed by atoms with van der Waals surface area (Å²) in [6, 6.07) is 0. The van der Waals surface area contributed by atoms with Gasteiger partial charge in [0.2, 0.25) is 0 Å². The summed E-state index contributed by atoms with van der Waals surface area (Å²) in [5.74, 6) is 2.53. The molecule has 0 radical (unpaired) electrons. The van der Waals surface area contributed by atoms with E-state index in [1.54, 1.807) is 0 Å². The van der Waals surface area contributed by atoms with Gasteiger partial charge in [-0.15, -0.1) is 0 Å². The molecule has 23 heavy (non-hydrogen) atoms. The topological polar surface area (TPSA) is 99.0 Å². The molecule has 126 valence electrons. The second-order valence-electron chi connectivity index (χ2n) is 6.39. The molecule has 1 saturated carbocycles. The SMILES string of the molecule is NC(=NC[C@H]1CC[C@@H](c2nc(C3CC3)no2)O1)N1CCOCC1. The summed E-state index contributed by atoms with van der Waals surface area (Å²) in [5, 5.41) is 4.05. The summed E-state index contributed by atoms with van der Waals surface area (Å²) in [7, 11) is 0. The molecular formula is C15H23N5O3. The first-order valence-electron chi connectivity index (χ1n) is 8.41. The van der Waals surface area contributed by atoms with E-state index in [1.807, 2.05) is 0 Å². The number of hydrogen-bond acceptors (Lipinski definition) is 6. The van der Waals surface area contributed by atoms with Crippen molar-refractivity contribution in [3.8, 4) is 0 Å². The zero-order chi connectivity index (χ0) is 15.6. The van der Waals surface area contributed by atoms with Gasteiger partial charge in [-0.2, -0.15) is 4.98 Å². The number of morpholine rings is 1. The van der Waals surface area contributed by atoms with E-state index in [9.17, 15) is 0 Å². The molecule has 2 saturated heterocycles. The largest absolute Gasteiger partial charge is 0.378 e. The minimum atomic E-state index is -0.0974. The molecule has 2 atom stereocenters. The van der Waals surface area contributed by atoms with Crippen molar-refractivity contribution in [2.75, 3.05) is 32.8 Å². The van der Waals surface area contributed by atoms with Gasteiger partial charge in [0, 0.05) is 19.0 Å². The Labute approximate surface area is 135 Å². The molecule has 0 amide bonds. The second kappa shape index (κ2) is 6.45. The van der Waals surface area contributed by atoms with Gasteiger partial charge in [0.25, 0.3) is 5.89 Å². The Morgan fingerprint density at radius 2 is 2.04 bits per heavy atom. The van der Waals surface area contributed by atoms with Crippen LogP contribution in [-0.2, 0) is 9.47 Å². The molecule has 1 aromatic heterocycles. The molecule has 0 aromatic carbocycles. The van der Waals surface area contributed by atoms with Gasteiger partial charge in [-0.3, -0.25) is 4.99 Å². The number of hydrogen-bond donors (Lipinski definition) is 1. The molecule has 0 bridgehead atoms. The van der Waals surface area contributed by atoms with Crippen LogP contribution >= 0.6 is 0 Å². The number of aliphatic imine (C=N–C) groups is 1. The van der Waals surface area contributed by atoms with Crippen LogP contribution in [0.4, 0.5) is 0 Å². The van der Waals surface area contributed by atoms with Gasteiger partial charge in [0.15, 0.2) is 11.8 Å². The smallest absolute Gasteiger partial charge is 0.255 e. The van der Waals surface area contributed by atoms with Crippen LogP contribution in [0.2, 0.25) is 0 Å². The van der Waals surface area contributed by atoms with Crippen molar-refractivity contribution < 1.29 is 14.0 Å². The predicted octanol–water partition coefficient (Wildman–Crippen LogP) is 0.814. The van der Waals surface area contributed by atoms with Crippen LogP contribution in [0.1, 0.15) is 49.4 Å². The molecule has 8 nitrogen and oxygen atoms in total. The first-order chi connectivity index (χ1) is 11.3. The monoisotopic (exact) mass is 321 g/mol. The summed E-state index contributed by atoms with van der Waals surface area (Å²) in [6.45, 7) is 3.59. The third kappa shape index (κ3) is 3.48. The lowest BCUT2D eigenvalue weighted by molar-refractivity contribution is 0.0305. The van der Waals surface area contributed by atoms with Crippen molar-refractivity contribution in [1.29, 1.82) is 0 Å². The molecule has 0 unspecified atom stereocenters. The molecule has 0 spiro atoms. The van der Waals surface area contributed by atoms with E-state index in [4.69, 9.17) is 19.7 Å². The quantitative estimate of drug-likeness (QED) is 0.647. The highest BCUT2D eigenvalue weighted by Crippen LogP contribution is 2.39. The molecule has 3 fully saturated rings. The van der Waals surface area contributed by atoms with Crippen LogP contribution in [-0.4, -0.2) is 60.0 Å². The Hall–Kier alpha value is -1.67. The van der Waals surface area contributed by atoms with Gasteiger partial charge in [-0.25, -0.2) is 0 Å². The van der Waals surface area contributed by atoms with E-state index in [1.165, 1.54) is 12.8 Å². The Morgan fingerprint density at radius 3 is 2.83 bits per heavy atom. The highest BCUT2D eigenvalue weighted by Gasteiger charge is 2.34. The average Bonchev–Trinajstić information content (AvgIpc) is 3.13. The number of rotatable bonds is 4. The maximum atomic E-state index is 6.04. The van der Waals surface area contributed by atoms with Crippen molar-refractivity contribution in [2.24, 2.45) is 10.7 Å².